The Hall–Kier alpha value is -1.51. The molecule has 0 amide bonds. The van der Waals surface area contributed by atoms with Gasteiger partial charge >= 0.3 is 0 Å². The van der Waals surface area contributed by atoms with Crippen LogP contribution >= 0.6 is 0 Å². The summed E-state index contributed by atoms with van der Waals surface area (Å²) in [6.45, 7) is 2.53. The third-order valence-electron chi connectivity index (χ3n) is 3.54. The van der Waals surface area contributed by atoms with Gasteiger partial charge in [-0.05, 0) is 37.5 Å². The molecule has 0 radical (unpaired) electrons. The fraction of sp³-hybridized carbons (Fsp3) is 0.500. The van der Waals surface area contributed by atoms with E-state index in [9.17, 15) is 4.79 Å². The quantitative estimate of drug-likeness (QED) is 0.606. The number of ketones is 1. The highest BCUT2D eigenvalue weighted by Gasteiger charge is 2.16. The Kier molecular flexibility index (Phi) is 3.67. The first-order chi connectivity index (χ1) is 8.16. The number of Topliss-reactive ketones (excluding diaryl/α,β-unsaturated/α-hetero) is 1. The second kappa shape index (κ2) is 5.21. The molecule has 0 aromatic heterocycles. The van der Waals surface area contributed by atoms with Crippen LogP contribution in [0, 0.1) is 5.92 Å². The van der Waals surface area contributed by atoms with E-state index in [1.165, 1.54) is 32.6 Å². The molecular weight excluding hydrogens is 212 g/mol. The summed E-state index contributed by atoms with van der Waals surface area (Å²) < 4.78 is 0. The van der Waals surface area contributed by atoms with Crippen molar-refractivity contribution in [1.82, 2.24) is 0 Å². The third kappa shape index (κ3) is 2.99. The van der Waals surface area contributed by atoms with E-state index in [-0.39, 0.29) is 5.78 Å². The van der Waals surface area contributed by atoms with E-state index in [0.717, 1.165) is 18.2 Å². The Morgan fingerprint density at radius 1 is 1.47 bits per heavy atom. The molecule has 1 aromatic carbocycles. The molecule has 1 saturated carbocycles. The molecular formula is C14H20N2O. The number of rotatable bonds is 5. The van der Waals surface area contributed by atoms with Crippen molar-refractivity contribution in [3.05, 3.63) is 23.8 Å². The summed E-state index contributed by atoms with van der Waals surface area (Å²) >= 11 is 0. The largest absolute Gasteiger partial charge is 0.398 e. The van der Waals surface area contributed by atoms with Gasteiger partial charge in [0.25, 0.3) is 0 Å². The highest BCUT2D eigenvalue weighted by molar-refractivity contribution is 5.99. The molecule has 1 fully saturated rings. The zero-order chi connectivity index (χ0) is 12.3. The highest BCUT2D eigenvalue weighted by atomic mass is 16.1. The van der Waals surface area contributed by atoms with Gasteiger partial charge in [-0.1, -0.05) is 19.3 Å². The van der Waals surface area contributed by atoms with Crippen LogP contribution in [0.3, 0.4) is 0 Å². The van der Waals surface area contributed by atoms with Crippen LogP contribution in [-0.2, 0) is 0 Å². The lowest BCUT2D eigenvalue weighted by Crippen LogP contribution is -2.15. The van der Waals surface area contributed by atoms with Crippen LogP contribution in [0.25, 0.3) is 0 Å². The number of nitrogens with two attached hydrogens (primary N) is 1. The van der Waals surface area contributed by atoms with Crippen molar-refractivity contribution in [2.45, 2.75) is 32.6 Å². The van der Waals surface area contributed by atoms with Crippen molar-refractivity contribution < 1.29 is 4.79 Å². The SMILES string of the molecule is CC(=O)c1ccc(NCCC2CCC2)cc1N. The number of carbonyl (C=O) groups excluding carboxylic acids is 1. The lowest BCUT2D eigenvalue weighted by molar-refractivity contribution is 0.101. The number of anilines is 2. The van der Waals surface area contributed by atoms with Crippen molar-refractivity contribution in [3.8, 4) is 0 Å². The molecule has 0 spiro atoms. The number of hydrogen-bond acceptors (Lipinski definition) is 3. The van der Waals surface area contributed by atoms with Gasteiger partial charge in [-0.25, -0.2) is 0 Å². The molecule has 0 heterocycles. The van der Waals surface area contributed by atoms with Gasteiger partial charge in [-0.15, -0.1) is 0 Å². The zero-order valence-electron chi connectivity index (χ0n) is 10.3. The summed E-state index contributed by atoms with van der Waals surface area (Å²) in [4.78, 5) is 11.2. The molecule has 0 bridgehead atoms. The predicted octanol–water partition coefficient (Wildman–Crippen LogP) is 3.07. The first-order valence-electron chi connectivity index (χ1n) is 6.31. The first-order valence-corrected chi connectivity index (χ1v) is 6.31. The molecule has 3 nitrogen and oxygen atoms in total. The Morgan fingerprint density at radius 3 is 2.76 bits per heavy atom. The maximum absolute atomic E-state index is 11.2. The van der Waals surface area contributed by atoms with E-state index in [1.807, 2.05) is 12.1 Å². The number of benzene rings is 1. The standard InChI is InChI=1S/C14H20N2O/c1-10(17)13-6-5-12(9-14(13)15)16-8-7-11-3-2-4-11/h5-6,9,11,16H,2-4,7-8,15H2,1H3. The van der Waals surface area contributed by atoms with Gasteiger partial charge in [-0.2, -0.15) is 0 Å². The van der Waals surface area contributed by atoms with Crippen molar-refractivity contribution in [2.24, 2.45) is 5.92 Å². The molecule has 1 aliphatic rings. The van der Waals surface area contributed by atoms with Crippen LogP contribution in [0.5, 0.6) is 0 Å². The van der Waals surface area contributed by atoms with Gasteiger partial charge in [0.15, 0.2) is 5.78 Å². The maximum atomic E-state index is 11.2. The summed E-state index contributed by atoms with van der Waals surface area (Å²) in [6.07, 6.45) is 5.39. The van der Waals surface area contributed by atoms with Crippen LogP contribution < -0.4 is 11.1 Å². The molecule has 0 atom stereocenters. The lowest BCUT2D eigenvalue weighted by Gasteiger charge is -2.25. The predicted molar refractivity (Wildman–Crippen MR) is 71.3 cm³/mol. The van der Waals surface area contributed by atoms with E-state index in [1.54, 1.807) is 6.07 Å². The molecule has 1 aromatic rings. The molecule has 0 unspecified atom stereocenters. The van der Waals surface area contributed by atoms with Crippen LogP contribution in [0.15, 0.2) is 18.2 Å². The maximum Gasteiger partial charge on any atom is 0.161 e. The molecule has 0 saturated heterocycles. The van der Waals surface area contributed by atoms with Crippen LogP contribution in [0.1, 0.15) is 43.0 Å². The van der Waals surface area contributed by atoms with E-state index >= 15 is 0 Å². The van der Waals surface area contributed by atoms with Gasteiger partial charge < -0.3 is 11.1 Å². The van der Waals surface area contributed by atoms with Gasteiger partial charge in [0.05, 0.1) is 0 Å². The normalized spacial score (nSPS) is 15.4. The lowest BCUT2D eigenvalue weighted by atomic mass is 9.83. The topological polar surface area (TPSA) is 55.1 Å². The first kappa shape index (κ1) is 12.0. The third-order valence-corrected chi connectivity index (χ3v) is 3.54. The Bertz CT molecular complexity index is 411. The molecule has 17 heavy (non-hydrogen) atoms. The smallest absolute Gasteiger partial charge is 0.161 e. The second-order valence-corrected chi connectivity index (χ2v) is 4.87. The van der Waals surface area contributed by atoms with Crippen LogP contribution in [0.2, 0.25) is 0 Å². The van der Waals surface area contributed by atoms with E-state index in [2.05, 4.69) is 5.32 Å². The van der Waals surface area contributed by atoms with Crippen molar-refractivity contribution in [1.29, 1.82) is 0 Å². The van der Waals surface area contributed by atoms with E-state index < -0.39 is 0 Å². The fourth-order valence-corrected chi connectivity index (χ4v) is 2.20. The van der Waals surface area contributed by atoms with E-state index in [0.29, 0.717) is 11.3 Å². The average Bonchev–Trinajstić information content (AvgIpc) is 2.21. The minimum atomic E-state index is 0.0171. The van der Waals surface area contributed by atoms with Crippen molar-refractivity contribution >= 4 is 17.2 Å². The van der Waals surface area contributed by atoms with Crippen LogP contribution in [0.4, 0.5) is 11.4 Å². The molecule has 0 aliphatic heterocycles. The van der Waals surface area contributed by atoms with Crippen molar-refractivity contribution in [3.63, 3.8) is 0 Å². The number of nitrogens with one attached hydrogen (secondary N) is 1. The molecule has 1 aliphatic carbocycles. The second-order valence-electron chi connectivity index (χ2n) is 4.87. The Labute approximate surface area is 102 Å². The zero-order valence-corrected chi connectivity index (χ0v) is 10.3. The minimum absolute atomic E-state index is 0.0171. The number of nitrogen functional groups attached to an aromatic ring is 1. The van der Waals surface area contributed by atoms with Gasteiger partial charge in [0, 0.05) is 23.5 Å². The highest BCUT2D eigenvalue weighted by Crippen LogP contribution is 2.29. The van der Waals surface area contributed by atoms with Crippen LogP contribution in [-0.4, -0.2) is 12.3 Å². The Balaban J connectivity index is 1.88. The summed E-state index contributed by atoms with van der Waals surface area (Å²) in [7, 11) is 0. The van der Waals surface area contributed by atoms with Gasteiger partial charge in [0.2, 0.25) is 0 Å². The van der Waals surface area contributed by atoms with E-state index in [4.69, 9.17) is 5.73 Å². The van der Waals surface area contributed by atoms with Gasteiger partial charge in [-0.3, -0.25) is 4.79 Å². The Morgan fingerprint density at radius 2 is 2.24 bits per heavy atom. The number of carbonyl (C=O) groups is 1. The number of hydrogen-bond donors (Lipinski definition) is 2. The summed E-state index contributed by atoms with van der Waals surface area (Å²) in [5.41, 5.74) is 8.00. The summed E-state index contributed by atoms with van der Waals surface area (Å²) in [5, 5.41) is 3.36. The minimum Gasteiger partial charge on any atom is -0.398 e. The molecule has 2 rings (SSSR count). The summed E-state index contributed by atoms with van der Waals surface area (Å²) in [5.74, 6) is 0.930. The molecule has 3 heteroatoms. The van der Waals surface area contributed by atoms with Crippen molar-refractivity contribution in [2.75, 3.05) is 17.6 Å². The average molecular weight is 232 g/mol. The molecule has 3 N–H and O–H groups in total. The fourth-order valence-electron chi connectivity index (χ4n) is 2.20. The van der Waals surface area contributed by atoms with Gasteiger partial charge in [0.1, 0.15) is 0 Å². The monoisotopic (exact) mass is 232 g/mol. The molecule has 92 valence electrons. The summed E-state index contributed by atoms with van der Waals surface area (Å²) in [6, 6.07) is 5.56.